The largest absolute Gasteiger partial charge is 0.507 e. The van der Waals surface area contributed by atoms with Crippen LogP contribution in [0.1, 0.15) is 33.6 Å². The molecule has 3 rings (SSSR count). The van der Waals surface area contributed by atoms with Crippen LogP contribution in [0, 0.1) is 0 Å². The molecule has 0 saturated carbocycles. The normalized spacial score (nSPS) is 14.4. The van der Waals surface area contributed by atoms with Crippen molar-refractivity contribution in [3.8, 4) is 11.5 Å². The van der Waals surface area contributed by atoms with Gasteiger partial charge in [0.1, 0.15) is 11.5 Å². The molecule has 0 aliphatic heterocycles. The second-order valence-electron chi connectivity index (χ2n) is 5.41. The standard InChI is InChI=1S/C16H15NO4/c1-17(2)10-3-4-11(18)8-7-9-12(19)5-6-13(20)15(9)16(21)14(8)10/h3-4,7,18,21H,5-6H2,1-2H3. The maximum atomic E-state index is 12.1. The Morgan fingerprint density at radius 1 is 1.05 bits per heavy atom. The molecule has 0 unspecified atom stereocenters. The lowest BCUT2D eigenvalue weighted by Crippen LogP contribution is -2.17. The number of Topliss-reactive ketones (excluding diaryl/α,β-unsaturated/α-hetero) is 2. The van der Waals surface area contributed by atoms with E-state index in [1.54, 1.807) is 25.1 Å². The van der Waals surface area contributed by atoms with Gasteiger partial charge in [-0.15, -0.1) is 0 Å². The van der Waals surface area contributed by atoms with Gasteiger partial charge in [-0.2, -0.15) is 0 Å². The number of anilines is 1. The lowest BCUT2D eigenvalue weighted by molar-refractivity contribution is 0.0888. The summed E-state index contributed by atoms with van der Waals surface area (Å²) in [6.07, 6.45) is 0.256. The zero-order chi connectivity index (χ0) is 15.3. The van der Waals surface area contributed by atoms with E-state index >= 15 is 0 Å². The predicted molar refractivity (Wildman–Crippen MR) is 79.5 cm³/mol. The zero-order valence-corrected chi connectivity index (χ0v) is 11.8. The number of aromatic hydroxyl groups is 2. The lowest BCUT2D eigenvalue weighted by atomic mass is 9.86. The number of fused-ring (bicyclic) bond motifs is 2. The Labute approximate surface area is 121 Å². The third-order valence-electron chi connectivity index (χ3n) is 3.87. The quantitative estimate of drug-likeness (QED) is 0.841. The molecule has 21 heavy (non-hydrogen) atoms. The highest BCUT2D eigenvalue weighted by molar-refractivity contribution is 6.20. The molecule has 1 aliphatic rings. The van der Waals surface area contributed by atoms with Crippen molar-refractivity contribution in [3.05, 3.63) is 29.3 Å². The third-order valence-corrected chi connectivity index (χ3v) is 3.87. The number of nitrogens with zero attached hydrogens (tertiary/aromatic N) is 1. The van der Waals surface area contributed by atoms with Crippen molar-refractivity contribution >= 4 is 28.0 Å². The van der Waals surface area contributed by atoms with E-state index in [1.807, 2.05) is 0 Å². The zero-order valence-electron chi connectivity index (χ0n) is 11.8. The fourth-order valence-electron chi connectivity index (χ4n) is 2.82. The van der Waals surface area contributed by atoms with Gasteiger partial charge < -0.3 is 15.1 Å². The van der Waals surface area contributed by atoms with Gasteiger partial charge in [0, 0.05) is 43.6 Å². The molecule has 0 radical (unpaired) electrons. The van der Waals surface area contributed by atoms with Crippen LogP contribution in [-0.2, 0) is 0 Å². The first kappa shape index (κ1) is 13.4. The highest BCUT2D eigenvalue weighted by Crippen LogP contribution is 2.43. The van der Waals surface area contributed by atoms with Gasteiger partial charge in [0.05, 0.1) is 10.9 Å². The van der Waals surface area contributed by atoms with Crippen LogP contribution in [0.5, 0.6) is 11.5 Å². The van der Waals surface area contributed by atoms with Crippen LogP contribution in [-0.4, -0.2) is 35.9 Å². The lowest BCUT2D eigenvalue weighted by Gasteiger charge is -2.21. The van der Waals surface area contributed by atoms with Gasteiger partial charge in [-0.3, -0.25) is 9.59 Å². The number of hydrogen-bond acceptors (Lipinski definition) is 5. The number of phenols is 2. The Balaban J connectivity index is 2.50. The monoisotopic (exact) mass is 285 g/mol. The molecular formula is C16H15NO4. The van der Waals surface area contributed by atoms with E-state index in [-0.39, 0.29) is 47.0 Å². The predicted octanol–water partition coefficient (Wildman–Crippen LogP) is 2.48. The van der Waals surface area contributed by atoms with Gasteiger partial charge >= 0.3 is 0 Å². The average Bonchev–Trinajstić information content (AvgIpc) is 2.43. The molecule has 5 heteroatoms. The van der Waals surface area contributed by atoms with Crippen molar-refractivity contribution in [2.75, 3.05) is 19.0 Å². The van der Waals surface area contributed by atoms with Crippen LogP contribution in [0.4, 0.5) is 5.69 Å². The van der Waals surface area contributed by atoms with Crippen molar-refractivity contribution < 1.29 is 19.8 Å². The van der Waals surface area contributed by atoms with Crippen LogP contribution in [0.25, 0.3) is 10.8 Å². The highest BCUT2D eigenvalue weighted by Gasteiger charge is 2.29. The Morgan fingerprint density at radius 2 is 1.71 bits per heavy atom. The SMILES string of the molecule is CN(C)c1ccc(O)c2cc3c(c(O)c12)C(=O)CCC3=O. The summed E-state index contributed by atoms with van der Waals surface area (Å²) in [5, 5.41) is 21.3. The Hall–Kier alpha value is -2.56. The van der Waals surface area contributed by atoms with Crippen molar-refractivity contribution in [1.82, 2.24) is 0 Å². The molecule has 0 spiro atoms. The van der Waals surface area contributed by atoms with E-state index in [9.17, 15) is 19.8 Å². The molecule has 2 aromatic rings. The van der Waals surface area contributed by atoms with E-state index in [0.717, 1.165) is 0 Å². The minimum absolute atomic E-state index is 0.0282. The van der Waals surface area contributed by atoms with Crippen molar-refractivity contribution in [2.45, 2.75) is 12.8 Å². The second-order valence-corrected chi connectivity index (χ2v) is 5.41. The molecule has 0 heterocycles. The van der Waals surface area contributed by atoms with Gasteiger partial charge in [-0.1, -0.05) is 0 Å². The molecule has 2 N–H and O–H groups in total. The molecule has 1 aliphatic carbocycles. The molecule has 0 atom stereocenters. The first-order valence-electron chi connectivity index (χ1n) is 6.67. The number of carbonyl (C=O) groups is 2. The smallest absolute Gasteiger partial charge is 0.167 e. The summed E-state index contributed by atoms with van der Waals surface area (Å²) in [6.45, 7) is 0. The third kappa shape index (κ3) is 1.85. The molecule has 5 nitrogen and oxygen atoms in total. The van der Waals surface area contributed by atoms with E-state index in [4.69, 9.17) is 0 Å². The summed E-state index contributed by atoms with van der Waals surface area (Å²) in [5.41, 5.74) is 0.948. The minimum Gasteiger partial charge on any atom is -0.507 e. The van der Waals surface area contributed by atoms with Gasteiger partial charge in [-0.05, 0) is 18.2 Å². The summed E-state index contributed by atoms with van der Waals surface area (Å²) in [6, 6.07) is 4.68. The van der Waals surface area contributed by atoms with E-state index in [1.165, 1.54) is 12.1 Å². The minimum atomic E-state index is -0.239. The van der Waals surface area contributed by atoms with Crippen molar-refractivity contribution in [3.63, 3.8) is 0 Å². The fraction of sp³-hybridized carbons (Fsp3) is 0.250. The molecule has 108 valence electrons. The molecule has 2 aromatic carbocycles. The summed E-state index contributed by atoms with van der Waals surface area (Å²) >= 11 is 0. The van der Waals surface area contributed by atoms with Crippen LogP contribution in [0.2, 0.25) is 0 Å². The number of carbonyl (C=O) groups excluding carboxylic acids is 2. The molecule has 0 amide bonds. The van der Waals surface area contributed by atoms with Crippen LogP contribution < -0.4 is 4.90 Å². The summed E-state index contributed by atoms with van der Waals surface area (Å²) in [5.74, 6) is -0.673. The molecule has 0 fully saturated rings. The van der Waals surface area contributed by atoms with E-state index in [2.05, 4.69) is 0 Å². The van der Waals surface area contributed by atoms with Crippen LogP contribution in [0.3, 0.4) is 0 Å². The Morgan fingerprint density at radius 3 is 2.38 bits per heavy atom. The summed E-state index contributed by atoms with van der Waals surface area (Å²) in [7, 11) is 3.61. The summed E-state index contributed by atoms with van der Waals surface area (Å²) < 4.78 is 0. The molecule has 0 saturated heterocycles. The maximum absolute atomic E-state index is 12.1. The first-order valence-corrected chi connectivity index (χ1v) is 6.67. The molecule has 0 aromatic heterocycles. The van der Waals surface area contributed by atoms with E-state index in [0.29, 0.717) is 16.5 Å². The second kappa shape index (κ2) is 4.48. The molecule has 0 bridgehead atoms. The van der Waals surface area contributed by atoms with E-state index < -0.39 is 0 Å². The summed E-state index contributed by atoms with van der Waals surface area (Å²) in [4.78, 5) is 25.9. The number of benzene rings is 2. The fourth-order valence-corrected chi connectivity index (χ4v) is 2.82. The van der Waals surface area contributed by atoms with Gasteiger partial charge in [0.25, 0.3) is 0 Å². The van der Waals surface area contributed by atoms with Gasteiger partial charge in [0.2, 0.25) is 0 Å². The Kier molecular flexibility index (Phi) is 2.86. The Bertz CT molecular complexity index is 793. The van der Waals surface area contributed by atoms with Crippen LogP contribution in [0.15, 0.2) is 18.2 Å². The molecular weight excluding hydrogens is 270 g/mol. The number of phenolic OH excluding ortho intramolecular Hbond substituents is 2. The van der Waals surface area contributed by atoms with Gasteiger partial charge in [0.15, 0.2) is 11.6 Å². The van der Waals surface area contributed by atoms with Crippen LogP contribution >= 0.6 is 0 Å². The first-order chi connectivity index (χ1) is 9.91. The van der Waals surface area contributed by atoms with Gasteiger partial charge in [-0.25, -0.2) is 0 Å². The highest BCUT2D eigenvalue weighted by atomic mass is 16.3. The topological polar surface area (TPSA) is 77.8 Å². The average molecular weight is 285 g/mol. The number of ketones is 2. The maximum Gasteiger partial charge on any atom is 0.167 e. The van der Waals surface area contributed by atoms with Crippen molar-refractivity contribution in [1.29, 1.82) is 0 Å². The van der Waals surface area contributed by atoms with Crippen molar-refractivity contribution in [2.24, 2.45) is 0 Å². The number of rotatable bonds is 1. The number of hydrogen-bond donors (Lipinski definition) is 2.